The summed E-state index contributed by atoms with van der Waals surface area (Å²) < 4.78 is 68.4. The average Bonchev–Trinajstić information content (AvgIpc) is 2.75. The number of hydrogen-bond donors (Lipinski definition) is 4. The zero-order valence-corrected chi connectivity index (χ0v) is 16.0. The standard InChI is InChI=1S/C19H15F5N6O2/c20-13-6-1-9(16-27-8-14(30-26)15(25)29-16)7-12(13)17(31)28-10-2-4-11(5-3-10)32-19(23,24)18(21)22/h1-8,18,30H,26H2,(H,28,31)(H2,25,27,29). The lowest BCUT2D eigenvalue weighted by Gasteiger charge is -2.17. The van der Waals surface area contributed by atoms with Crippen LogP contribution in [0.4, 0.5) is 39.1 Å². The van der Waals surface area contributed by atoms with Crippen LogP contribution in [-0.4, -0.2) is 28.4 Å². The molecule has 0 saturated heterocycles. The minimum atomic E-state index is -4.67. The predicted octanol–water partition coefficient (Wildman–Crippen LogP) is 3.64. The van der Waals surface area contributed by atoms with Crippen LogP contribution in [0.1, 0.15) is 10.4 Å². The summed E-state index contributed by atoms with van der Waals surface area (Å²) in [6, 6.07) is 7.70. The second-order valence-corrected chi connectivity index (χ2v) is 6.27. The Kier molecular flexibility index (Phi) is 6.39. The van der Waals surface area contributed by atoms with Gasteiger partial charge < -0.3 is 21.2 Å². The molecule has 3 aromatic rings. The van der Waals surface area contributed by atoms with E-state index in [9.17, 15) is 26.7 Å². The molecular formula is C19H15F5N6O2. The van der Waals surface area contributed by atoms with Gasteiger partial charge in [0.1, 0.15) is 17.3 Å². The van der Waals surface area contributed by atoms with Gasteiger partial charge in [0.2, 0.25) is 0 Å². The van der Waals surface area contributed by atoms with E-state index in [1.54, 1.807) is 0 Å². The Morgan fingerprint density at radius 1 is 1.12 bits per heavy atom. The Morgan fingerprint density at radius 3 is 2.41 bits per heavy atom. The topological polar surface area (TPSA) is 128 Å². The Balaban J connectivity index is 1.78. The molecule has 0 radical (unpaired) electrons. The quantitative estimate of drug-likeness (QED) is 0.244. The predicted molar refractivity (Wildman–Crippen MR) is 106 cm³/mol. The summed E-state index contributed by atoms with van der Waals surface area (Å²) in [6.45, 7) is 0. The van der Waals surface area contributed by atoms with Crippen molar-refractivity contribution in [2.45, 2.75) is 12.5 Å². The average molecular weight is 454 g/mol. The molecule has 0 bridgehead atoms. The third kappa shape index (κ3) is 5.00. The lowest BCUT2D eigenvalue weighted by Crippen LogP contribution is -2.33. The fraction of sp³-hybridized carbons (Fsp3) is 0.105. The van der Waals surface area contributed by atoms with E-state index in [1.165, 1.54) is 18.3 Å². The van der Waals surface area contributed by atoms with Crippen molar-refractivity contribution in [3.05, 3.63) is 60.0 Å². The highest BCUT2D eigenvalue weighted by Crippen LogP contribution is 2.28. The van der Waals surface area contributed by atoms with Gasteiger partial charge in [-0.1, -0.05) is 0 Å². The summed E-state index contributed by atoms with van der Waals surface area (Å²) in [5.41, 5.74) is 8.28. The number of nitrogen functional groups attached to an aromatic ring is 2. The van der Waals surface area contributed by atoms with Gasteiger partial charge in [-0.05, 0) is 42.5 Å². The normalized spacial score (nSPS) is 11.3. The van der Waals surface area contributed by atoms with Gasteiger partial charge in [-0.2, -0.15) is 17.6 Å². The number of nitrogens with zero attached hydrogens (tertiary/aromatic N) is 2. The summed E-state index contributed by atoms with van der Waals surface area (Å²) in [5.74, 6) is 3.13. The minimum Gasteiger partial charge on any atom is -0.428 e. The molecule has 0 fully saturated rings. The van der Waals surface area contributed by atoms with Crippen molar-refractivity contribution in [2.24, 2.45) is 5.84 Å². The molecule has 1 heterocycles. The zero-order valence-electron chi connectivity index (χ0n) is 16.0. The van der Waals surface area contributed by atoms with Crippen LogP contribution in [0.2, 0.25) is 0 Å². The first-order valence-electron chi connectivity index (χ1n) is 8.76. The van der Waals surface area contributed by atoms with Crippen molar-refractivity contribution < 1.29 is 31.5 Å². The number of benzene rings is 2. The maximum atomic E-state index is 14.2. The molecule has 8 nitrogen and oxygen atoms in total. The lowest BCUT2D eigenvalue weighted by atomic mass is 10.1. The van der Waals surface area contributed by atoms with Crippen LogP contribution >= 0.6 is 0 Å². The van der Waals surface area contributed by atoms with Crippen molar-refractivity contribution in [3.63, 3.8) is 0 Å². The molecule has 0 saturated carbocycles. The molecule has 3 rings (SSSR count). The number of nitrogens with one attached hydrogen (secondary N) is 2. The van der Waals surface area contributed by atoms with Crippen LogP contribution in [0.5, 0.6) is 5.75 Å². The SMILES string of the molecule is NNc1cnc(-c2ccc(F)c(C(=O)Nc3ccc(OC(F)(F)C(F)F)cc3)c2)nc1N. The highest BCUT2D eigenvalue weighted by atomic mass is 19.3. The molecule has 1 amide bonds. The Labute approximate surface area is 177 Å². The van der Waals surface area contributed by atoms with Crippen molar-refractivity contribution >= 4 is 23.1 Å². The van der Waals surface area contributed by atoms with Crippen LogP contribution < -0.4 is 27.1 Å². The minimum absolute atomic E-state index is 0.0348. The summed E-state index contributed by atoms with van der Waals surface area (Å²) in [6.07, 6.45) is -7.38. The number of carbonyl (C=O) groups is 1. The third-order valence-electron chi connectivity index (χ3n) is 4.06. The van der Waals surface area contributed by atoms with Gasteiger partial charge in [0, 0.05) is 11.3 Å². The molecular weight excluding hydrogens is 439 g/mol. The number of halogens is 5. The molecule has 0 aliphatic rings. The molecule has 6 N–H and O–H groups in total. The van der Waals surface area contributed by atoms with Gasteiger partial charge in [0.15, 0.2) is 11.6 Å². The molecule has 0 spiro atoms. The van der Waals surface area contributed by atoms with Gasteiger partial charge >= 0.3 is 12.5 Å². The smallest absolute Gasteiger partial charge is 0.428 e. The lowest BCUT2D eigenvalue weighted by molar-refractivity contribution is -0.253. The van der Waals surface area contributed by atoms with Crippen LogP contribution in [0.15, 0.2) is 48.7 Å². The molecule has 13 heteroatoms. The fourth-order valence-electron chi connectivity index (χ4n) is 2.49. The number of aromatic nitrogens is 2. The van der Waals surface area contributed by atoms with E-state index in [2.05, 4.69) is 25.4 Å². The van der Waals surface area contributed by atoms with Gasteiger partial charge in [0.25, 0.3) is 5.91 Å². The van der Waals surface area contributed by atoms with E-state index >= 15 is 0 Å². The van der Waals surface area contributed by atoms with Crippen molar-refractivity contribution in [1.82, 2.24) is 9.97 Å². The van der Waals surface area contributed by atoms with E-state index < -0.39 is 30.0 Å². The highest BCUT2D eigenvalue weighted by Gasteiger charge is 2.43. The molecule has 0 unspecified atom stereocenters. The Bertz CT molecular complexity index is 1130. The molecule has 1 aromatic heterocycles. The molecule has 168 valence electrons. The van der Waals surface area contributed by atoms with E-state index in [0.29, 0.717) is 0 Å². The van der Waals surface area contributed by atoms with E-state index in [1.807, 2.05) is 0 Å². The van der Waals surface area contributed by atoms with Gasteiger partial charge in [-0.25, -0.2) is 14.4 Å². The summed E-state index contributed by atoms with van der Waals surface area (Å²) in [4.78, 5) is 20.5. The van der Waals surface area contributed by atoms with Crippen molar-refractivity contribution in [3.8, 4) is 17.1 Å². The molecule has 0 aliphatic heterocycles. The first kappa shape index (κ1) is 22.7. The number of alkyl halides is 4. The van der Waals surface area contributed by atoms with Gasteiger partial charge in [0.05, 0.1) is 11.8 Å². The number of nitrogens with two attached hydrogens (primary N) is 2. The second-order valence-electron chi connectivity index (χ2n) is 6.27. The first-order chi connectivity index (χ1) is 15.1. The van der Waals surface area contributed by atoms with Crippen LogP contribution in [-0.2, 0) is 0 Å². The number of amides is 1. The Morgan fingerprint density at radius 2 is 1.81 bits per heavy atom. The third-order valence-corrected chi connectivity index (χ3v) is 4.06. The molecule has 32 heavy (non-hydrogen) atoms. The zero-order chi connectivity index (χ0) is 23.5. The second kappa shape index (κ2) is 9.01. The van der Waals surface area contributed by atoms with Gasteiger partial charge in [-0.3, -0.25) is 10.6 Å². The van der Waals surface area contributed by atoms with E-state index in [0.717, 1.165) is 30.3 Å². The fourth-order valence-corrected chi connectivity index (χ4v) is 2.49. The number of hydrazine groups is 1. The van der Waals surface area contributed by atoms with Gasteiger partial charge in [-0.15, -0.1) is 0 Å². The maximum Gasteiger partial charge on any atom is 0.461 e. The number of rotatable bonds is 7. The van der Waals surface area contributed by atoms with Crippen molar-refractivity contribution in [1.29, 1.82) is 0 Å². The van der Waals surface area contributed by atoms with E-state index in [-0.39, 0.29) is 34.1 Å². The molecule has 2 aromatic carbocycles. The Hall–Kier alpha value is -4.00. The van der Waals surface area contributed by atoms with Crippen LogP contribution in [0.25, 0.3) is 11.4 Å². The number of ether oxygens (including phenoxy) is 1. The van der Waals surface area contributed by atoms with Crippen LogP contribution in [0, 0.1) is 5.82 Å². The maximum absolute atomic E-state index is 14.2. The number of carbonyl (C=O) groups excluding carboxylic acids is 1. The number of anilines is 3. The van der Waals surface area contributed by atoms with Crippen LogP contribution in [0.3, 0.4) is 0 Å². The monoisotopic (exact) mass is 454 g/mol. The molecule has 0 atom stereocenters. The summed E-state index contributed by atoms with van der Waals surface area (Å²) in [5, 5.41) is 2.36. The largest absolute Gasteiger partial charge is 0.461 e. The highest BCUT2D eigenvalue weighted by molar-refractivity contribution is 6.05. The summed E-state index contributed by atoms with van der Waals surface area (Å²) in [7, 11) is 0. The molecule has 0 aliphatic carbocycles. The van der Waals surface area contributed by atoms with Crippen molar-refractivity contribution in [2.75, 3.05) is 16.5 Å². The first-order valence-corrected chi connectivity index (χ1v) is 8.76. The number of hydrogen-bond acceptors (Lipinski definition) is 7. The summed E-state index contributed by atoms with van der Waals surface area (Å²) >= 11 is 0. The van der Waals surface area contributed by atoms with E-state index in [4.69, 9.17) is 11.6 Å².